The molecule has 0 unspecified atom stereocenters. The van der Waals surface area contributed by atoms with Gasteiger partial charge in [-0.05, 0) is 17.7 Å². The maximum atomic E-state index is 11.8. The zero-order valence-corrected chi connectivity index (χ0v) is 17.5. The van der Waals surface area contributed by atoms with Crippen LogP contribution in [0.15, 0.2) is 29.5 Å². The number of hydrogen-bond donors (Lipinski definition) is 2. The molecule has 0 radical (unpaired) electrons. The van der Waals surface area contributed by atoms with Crippen molar-refractivity contribution in [2.45, 2.75) is 13.1 Å². The van der Waals surface area contributed by atoms with Crippen LogP contribution in [0.4, 0.5) is 0 Å². The van der Waals surface area contributed by atoms with Crippen LogP contribution in [0.25, 0.3) is 0 Å². The largest absolute Gasteiger partial charge is 0.496 e. The lowest BCUT2D eigenvalue weighted by Gasteiger charge is -2.13. The van der Waals surface area contributed by atoms with Crippen LogP contribution in [-0.2, 0) is 24.9 Å². The quantitative estimate of drug-likeness (QED) is 0.280. The first-order valence-electron chi connectivity index (χ1n) is 7.61. The zero-order chi connectivity index (χ0) is 18.2. The Kier molecular flexibility index (Phi) is 8.82. The minimum absolute atomic E-state index is 0. The number of benzene rings is 1. The number of hydrogen-bond acceptors (Lipinski definition) is 6. The lowest BCUT2D eigenvalue weighted by Crippen LogP contribution is -2.37. The fourth-order valence-corrected chi connectivity index (χ4v) is 2.18. The van der Waals surface area contributed by atoms with Crippen molar-refractivity contribution in [3.8, 4) is 5.75 Å². The number of rotatable bonds is 6. The summed E-state index contributed by atoms with van der Waals surface area (Å²) >= 11 is 0. The summed E-state index contributed by atoms with van der Waals surface area (Å²) in [5.41, 5.74) is 1.27. The van der Waals surface area contributed by atoms with Crippen molar-refractivity contribution < 1.29 is 14.3 Å². The van der Waals surface area contributed by atoms with Gasteiger partial charge >= 0.3 is 5.97 Å². The fourth-order valence-electron chi connectivity index (χ4n) is 2.18. The Bertz CT molecular complexity index is 762. The van der Waals surface area contributed by atoms with Gasteiger partial charge in [0.1, 0.15) is 23.5 Å². The van der Waals surface area contributed by atoms with E-state index < -0.39 is 5.97 Å². The number of methoxy groups -OCH3 is 2. The van der Waals surface area contributed by atoms with Gasteiger partial charge in [0.05, 0.1) is 20.8 Å². The van der Waals surface area contributed by atoms with E-state index in [0.29, 0.717) is 30.4 Å². The molecule has 9 nitrogen and oxygen atoms in total. The van der Waals surface area contributed by atoms with Gasteiger partial charge in [-0.25, -0.2) is 9.78 Å². The number of aliphatic imine (C=N–C) groups is 1. The van der Waals surface area contributed by atoms with Crippen LogP contribution in [0.2, 0.25) is 0 Å². The topological polar surface area (TPSA) is 103 Å². The fraction of sp³-hybridized carbons (Fsp3) is 0.375. The second kappa shape index (κ2) is 10.6. The SMILES string of the molecule is CN=C(NCc1ccc(OC)c(C(=O)OC)c1)NCc1ncnn1C.I. The van der Waals surface area contributed by atoms with E-state index in [0.717, 1.165) is 11.4 Å². The third kappa shape index (κ3) is 5.58. The van der Waals surface area contributed by atoms with Crippen LogP contribution in [0.5, 0.6) is 5.75 Å². The van der Waals surface area contributed by atoms with Crippen LogP contribution in [0, 0.1) is 0 Å². The Labute approximate surface area is 169 Å². The number of nitrogens with one attached hydrogen (secondary N) is 2. The summed E-state index contributed by atoms with van der Waals surface area (Å²) in [4.78, 5) is 20.1. The highest BCUT2D eigenvalue weighted by Crippen LogP contribution is 2.20. The lowest BCUT2D eigenvalue weighted by atomic mass is 10.1. The van der Waals surface area contributed by atoms with E-state index in [2.05, 4.69) is 25.7 Å². The summed E-state index contributed by atoms with van der Waals surface area (Å²) in [6.45, 7) is 0.971. The average molecular weight is 474 g/mol. The van der Waals surface area contributed by atoms with Gasteiger partial charge < -0.3 is 20.1 Å². The Hall–Kier alpha value is -2.37. The second-order valence-electron chi connectivity index (χ2n) is 5.11. The first-order chi connectivity index (χ1) is 12.1. The molecule has 1 aromatic carbocycles. The number of esters is 1. The molecule has 0 saturated heterocycles. The Morgan fingerprint density at radius 2 is 2.00 bits per heavy atom. The molecule has 0 bridgehead atoms. The van der Waals surface area contributed by atoms with Gasteiger partial charge in [0.2, 0.25) is 0 Å². The molecule has 2 rings (SSSR count). The van der Waals surface area contributed by atoms with Crippen LogP contribution < -0.4 is 15.4 Å². The standard InChI is InChI=1S/C16H22N6O3.HI/c1-17-16(19-9-14-20-10-21-22(14)2)18-8-11-5-6-13(24-3)12(7-11)15(23)25-4;/h5-7,10H,8-9H2,1-4H3,(H2,17,18,19);1H. The molecule has 0 amide bonds. The molecule has 26 heavy (non-hydrogen) atoms. The summed E-state index contributed by atoms with van der Waals surface area (Å²) in [6.07, 6.45) is 1.50. The number of aromatic nitrogens is 3. The molecule has 2 N–H and O–H groups in total. The predicted octanol–water partition coefficient (Wildman–Crippen LogP) is 1.09. The number of aryl methyl sites for hydroxylation is 1. The van der Waals surface area contributed by atoms with Crippen molar-refractivity contribution in [1.82, 2.24) is 25.4 Å². The number of carbonyl (C=O) groups is 1. The number of guanidine groups is 1. The van der Waals surface area contributed by atoms with Crippen LogP contribution in [0.1, 0.15) is 21.7 Å². The molecule has 0 saturated carbocycles. The summed E-state index contributed by atoms with van der Waals surface area (Å²) < 4.78 is 11.7. The van der Waals surface area contributed by atoms with Gasteiger partial charge in [0.15, 0.2) is 5.96 Å². The van der Waals surface area contributed by atoms with Gasteiger partial charge in [-0.3, -0.25) is 9.67 Å². The smallest absolute Gasteiger partial charge is 0.341 e. The highest BCUT2D eigenvalue weighted by molar-refractivity contribution is 14.0. The van der Waals surface area contributed by atoms with Gasteiger partial charge in [0.25, 0.3) is 0 Å². The van der Waals surface area contributed by atoms with E-state index in [1.165, 1.54) is 20.5 Å². The lowest BCUT2D eigenvalue weighted by molar-refractivity contribution is 0.0597. The molecule has 0 spiro atoms. The van der Waals surface area contributed by atoms with Gasteiger partial charge in [-0.2, -0.15) is 5.10 Å². The predicted molar refractivity (Wildman–Crippen MR) is 108 cm³/mol. The third-order valence-corrected chi connectivity index (χ3v) is 3.57. The minimum Gasteiger partial charge on any atom is -0.496 e. The molecule has 1 heterocycles. The van der Waals surface area contributed by atoms with Crippen molar-refractivity contribution in [2.75, 3.05) is 21.3 Å². The van der Waals surface area contributed by atoms with E-state index >= 15 is 0 Å². The molecule has 0 aliphatic rings. The zero-order valence-electron chi connectivity index (χ0n) is 15.1. The van der Waals surface area contributed by atoms with E-state index in [4.69, 9.17) is 9.47 Å². The number of ether oxygens (including phenoxy) is 2. The van der Waals surface area contributed by atoms with Crippen molar-refractivity contribution in [3.05, 3.63) is 41.5 Å². The Balaban J connectivity index is 0.00000338. The normalized spacial score (nSPS) is 10.7. The van der Waals surface area contributed by atoms with E-state index in [1.54, 1.807) is 23.9 Å². The molecule has 1 aromatic heterocycles. The van der Waals surface area contributed by atoms with Gasteiger partial charge in [0, 0.05) is 20.6 Å². The van der Waals surface area contributed by atoms with Crippen molar-refractivity contribution >= 4 is 35.9 Å². The number of carbonyl (C=O) groups excluding carboxylic acids is 1. The Morgan fingerprint density at radius 3 is 2.58 bits per heavy atom. The molecular formula is C16H23IN6O3. The molecule has 10 heteroatoms. The molecule has 0 fully saturated rings. The molecule has 0 aliphatic carbocycles. The molecular weight excluding hydrogens is 451 g/mol. The maximum Gasteiger partial charge on any atom is 0.341 e. The monoisotopic (exact) mass is 474 g/mol. The summed E-state index contributed by atoms with van der Waals surface area (Å²) in [5, 5.41) is 10.3. The average Bonchev–Trinajstić information content (AvgIpc) is 3.05. The first kappa shape index (κ1) is 21.7. The van der Waals surface area contributed by atoms with Crippen LogP contribution in [-0.4, -0.2) is 48.0 Å². The molecule has 142 valence electrons. The molecule has 2 aromatic rings. The minimum atomic E-state index is -0.441. The van der Waals surface area contributed by atoms with Crippen molar-refractivity contribution in [1.29, 1.82) is 0 Å². The highest BCUT2D eigenvalue weighted by atomic mass is 127. The maximum absolute atomic E-state index is 11.8. The first-order valence-corrected chi connectivity index (χ1v) is 7.61. The second-order valence-corrected chi connectivity index (χ2v) is 5.11. The number of nitrogens with zero attached hydrogens (tertiary/aromatic N) is 4. The van der Waals surface area contributed by atoms with Crippen LogP contribution in [0.3, 0.4) is 0 Å². The van der Waals surface area contributed by atoms with E-state index in [-0.39, 0.29) is 24.0 Å². The van der Waals surface area contributed by atoms with Crippen molar-refractivity contribution in [2.24, 2.45) is 12.0 Å². The van der Waals surface area contributed by atoms with Crippen LogP contribution >= 0.6 is 24.0 Å². The number of halogens is 1. The van der Waals surface area contributed by atoms with Crippen molar-refractivity contribution in [3.63, 3.8) is 0 Å². The third-order valence-electron chi connectivity index (χ3n) is 3.57. The molecule has 0 aliphatic heterocycles. The highest BCUT2D eigenvalue weighted by Gasteiger charge is 2.13. The van der Waals surface area contributed by atoms with E-state index in [9.17, 15) is 4.79 Å². The summed E-state index contributed by atoms with van der Waals surface area (Å²) in [6, 6.07) is 5.33. The van der Waals surface area contributed by atoms with Gasteiger partial charge in [-0.15, -0.1) is 24.0 Å². The summed E-state index contributed by atoms with van der Waals surface area (Å²) in [5.74, 6) is 1.43. The molecule has 0 atom stereocenters. The van der Waals surface area contributed by atoms with E-state index in [1.807, 2.05) is 13.1 Å². The Morgan fingerprint density at radius 1 is 1.27 bits per heavy atom. The van der Waals surface area contributed by atoms with Gasteiger partial charge in [-0.1, -0.05) is 6.07 Å². The summed E-state index contributed by atoms with van der Waals surface area (Å²) in [7, 11) is 6.36.